The fraction of sp³-hybridized carbons (Fsp3) is 0.778. The molecule has 0 unspecified atom stereocenters. The highest BCUT2D eigenvalue weighted by molar-refractivity contribution is 4.88. The molecule has 1 saturated heterocycles. The molecule has 0 aromatic heterocycles. The van der Waals surface area contributed by atoms with Gasteiger partial charge in [-0.3, -0.25) is 0 Å². The number of aliphatic hydroxyl groups is 4. The maximum Gasteiger partial charge on any atom is 0.184 e. The maximum atomic E-state index is 9.47. The normalized spacial score (nSPS) is 41.5. The largest absolute Gasteiger partial charge is 0.387 e. The van der Waals surface area contributed by atoms with Gasteiger partial charge in [0.05, 0.1) is 13.2 Å². The second-order valence-electron chi connectivity index (χ2n) is 3.36. The van der Waals surface area contributed by atoms with E-state index >= 15 is 0 Å². The molecule has 6 heteroatoms. The number of rotatable bonds is 4. The zero-order valence-corrected chi connectivity index (χ0v) is 8.19. The topological polar surface area (TPSA) is 99.4 Å². The summed E-state index contributed by atoms with van der Waals surface area (Å²) >= 11 is 0. The quantitative estimate of drug-likeness (QED) is 0.323. The van der Waals surface area contributed by atoms with Crippen LogP contribution in [0.3, 0.4) is 0 Å². The molecule has 0 bridgehead atoms. The zero-order chi connectivity index (χ0) is 11.4. The minimum atomic E-state index is -1.51. The van der Waals surface area contributed by atoms with Gasteiger partial charge < -0.3 is 29.9 Å². The second kappa shape index (κ2) is 5.55. The highest BCUT2D eigenvalue weighted by Crippen LogP contribution is 2.19. The van der Waals surface area contributed by atoms with Crippen LogP contribution in [0.25, 0.3) is 0 Å². The Balaban J connectivity index is 2.47. The first-order valence-corrected chi connectivity index (χ1v) is 4.64. The van der Waals surface area contributed by atoms with Crippen LogP contribution in [-0.4, -0.2) is 64.3 Å². The Hall–Kier alpha value is -0.500. The van der Waals surface area contributed by atoms with Crippen molar-refractivity contribution in [2.24, 2.45) is 0 Å². The predicted molar refractivity (Wildman–Crippen MR) is 49.9 cm³/mol. The first kappa shape index (κ1) is 12.6. The van der Waals surface area contributed by atoms with Crippen molar-refractivity contribution in [3.05, 3.63) is 12.7 Å². The van der Waals surface area contributed by atoms with E-state index in [0.29, 0.717) is 0 Å². The number of hydrogen-bond donors (Lipinski definition) is 4. The molecule has 88 valence electrons. The van der Waals surface area contributed by atoms with Crippen LogP contribution >= 0.6 is 0 Å². The van der Waals surface area contributed by atoms with Crippen molar-refractivity contribution in [1.29, 1.82) is 0 Å². The van der Waals surface area contributed by atoms with Crippen LogP contribution in [0.15, 0.2) is 12.7 Å². The molecule has 0 aliphatic carbocycles. The van der Waals surface area contributed by atoms with E-state index in [-0.39, 0.29) is 13.2 Å². The van der Waals surface area contributed by atoms with E-state index in [1.165, 1.54) is 6.08 Å². The van der Waals surface area contributed by atoms with E-state index in [0.717, 1.165) is 0 Å². The SMILES string of the molecule is C=CCOC[C@H]1O[C@H](O)[C@H](O)[C@@H](O)[C@@H]1O. The lowest BCUT2D eigenvalue weighted by Gasteiger charge is -2.38. The summed E-state index contributed by atoms with van der Waals surface area (Å²) in [5, 5.41) is 37.1. The van der Waals surface area contributed by atoms with Gasteiger partial charge in [-0.2, -0.15) is 0 Å². The molecule has 0 saturated carbocycles. The molecule has 4 N–H and O–H groups in total. The molecule has 0 aromatic rings. The van der Waals surface area contributed by atoms with E-state index < -0.39 is 30.7 Å². The minimum Gasteiger partial charge on any atom is -0.387 e. The first-order chi connectivity index (χ1) is 7.07. The van der Waals surface area contributed by atoms with Crippen LogP contribution in [0.1, 0.15) is 0 Å². The summed E-state index contributed by atoms with van der Waals surface area (Å²) in [6, 6.07) is 0. The van der Waals surface area contributed by atoms with Gasteiger partial charge in [0.2, 0.25) is 0 Å². The van der Waals surface area contributed by atoms with Gasteiger partial charge in [-0.1, -0.05) is 6.08 Å². The first-order valence-electron chi connectivity index (χ1n) is 4.64. The maximum absolute atomic E-state index is 9.47. The molecule has 15 heavy (non-hydrogen) atoms. The van der Waals surface area contributed by atoms with Crippen LogP contribution < -0.4 is 0 Å². The Bertz CT molecular complexity index is 209. The Kier molecular flexibility index (Phi) is 4.65. The van der Waals surface area contributed by atoms with Crippen molar-refractivity contribution >= 4 is 0 Å². The van der Waals surface area contributed by atoms with Crippen LogP contribution in [0.5, 0.6) is 0 Å². The highest BCUT2D eigenvalue weighted by Gasteiger charge is 2.42. The van der Waals surface area contributed by atoms with Crippen LogP contribution in [0.4, 0.5) is 0 Å². The average molecular weight is 220 g/mol. The van der Waals surface area contributed by atoms with Gasteiger partial charge in [-0.05, 0) is 0 Å². The molecular formula is C9H16O6. The van der Waals surface area contributed by atoms with Crippen molar-refractivity contribution in [2.75, 3.05) is 13.2 Å². The van der Waals surface area contributed by atoms with Gasteiger partial charge in [0, 0.05) is 0 Å². The van der Waals surface area contributed by atoms with Crippen molar-refractivity contribution in [3.63, 3.8) is 0 Å². The third-order valence-electron chi connectivity index (χ3n) is 2.20. The summed E-state index contributed by atoms with van der Waals surface area (Å²) in [7, 11) is 0. The van der Waals surface area contributed by atoms with Crippen LogP contribution in [0.2, 0.25) is 0 Å². The molecule has 1 aliphatic rings. The van der Waals surface area contributed by atoms with Gasteiger partial charge in [0.15, 0.2) is 6.29 Å². The van der Waals surface area contributed by atoms with Gasteiger partial charge in [0.25, 0.3) is 0 Å². The average Bonchev–Trinajstić information content (AvgIpc) is 2.23. The number of aliphatic hydroxyl groups excluding tert-OH is 4. The summed E-state index contributed by atoms with van der Waals surface area (Å²) in [6.45, 7) is 3.72. The molecule has 0 aromatic carbocycles. The zero-order valence-electron chi connectivity index (χ0n) is 8.19. The molecule has 1 fully saturated rings. The third kappa shape index (κ3) is 2.97. The fourth-order valence-corrected chi connectivity index (χ4v) is 1.34. The molecule has 0 spiro atoms. The van der Waals surface area contributed by atoms with E-state index in [9.17, 15) is 15.3 Å². The molecule has 1 rings (SSSR count). The Morgan fingerprint density at radius 1 is 1.13 bits per heavy atom. The summed E-state index contributed by atoms with van der Waals surface area (Å²) in [4.78, 5) is 0. The summed E-state index contributed by atoms with van der Waals surface area (Å²) < 4.78 is 9.88. The van der Waals surface area contributed by atoms with E-state index in [1.54, 1.807) is 0 Å². The fourth-order valence-electron chi connectivity index (χ4n) is 1.34. The third-order valence-corrected chi connectivity index (χ3v) is 2.20. The van der Waals surface area contributed by atoms with Gasteiger partial charge in [0.1, 0.15) is 24.4 Å². The predicted octanol–water partition coefficient (Wildman–Crippen LogP) is -2.01. The summed E-state index contributed by atoms with van der Waals surface area (Å²) in [5.41, 5.74) is 0. The van der Waals surface area contributed by atoms with Crippen molar-refractivity contribution < 1.29 is 29.9 Å². The van der Waals surface area contributed by atoms with Gasteiger partial charge in [-0.15, -0.1) is 6.58 Å². The molecule has 6 nitrogen and oxygen atoms in total. The lowest BCUT2D eigenvalue weighted by atomic mass is 9.99. The lowest BCUT2D eigenvalue weighted by molar-refractivity contribution is -0.288. The standard InChI is InChI=1S/C9H16O6/c1-2-3-14-4-5-6(10)7(11)8(12)9(13)15-5/h2,5-13H,1,3-4H2/t5-,6-,7+,8-,9+/m1/s1. The molecule has 5 atom stereocenters. The monoisotopic (exact) mass is 220 g/mol. The lowest BCUT2D eigenvalue weighted by Crippen LogP contribution is -2.58. The molecule has 0 radical (unpaired) electrons. The van der Waals surface area contributed by atoms with E-state index in [4.69, 9.17) is 14.6 Å². The van der Waals surface area contributed by atoms with E-state index in [2.05, 4.69) is 6.58 Å². The van der Waals surface area contributed by atoms with Crippen LogP contribution in [0, 0.1) is 0 Å². The van der Waals surface area contributed by atoms with Gasteiger partial charge >= 0.3 is 0 Å². The van der Waals surface area contributed by atoms with E-state index in [1.807, 2.05) is 0 Å². The summed E-state index contributed by atoms with van der Waals surface area (Å²) in [6.07, 6.45) is -5.08. The van der Waals surface area contributed by atoms with Crippen molar-refractivity contribution in [3.8, 4) is 0 Å². The van der Waals surface area contributed by atoms with Crippen LogP contribution in [-0.2, 0) is 9.47 Å². The Morgan fingerprint density at radius 3 is 2.40 bits per heavy atom. The summed E-state index contributed by atoms with van der Waals surface area (Å²) in [5.74, 6) is 0. The Labute approximate surface area is 87.4 Å². The van der Waals surface area contributed by atoms with Crippen molar-refractivity contribution in [2.45, 2.75) is 30.7 Å². The molecule has 1 heterocycles. The second-order valence-corrected chi connectivity index (χ2v) is 3.36. The smallest absolute Gasteiger partial charge is 0.184 e. The molecule has 1 aliphatic heterocycles. The molecular weight excluding hydrogens is 204 g/mol. The van der Waals surface area contributed by atoms with Gasteiger partial charge in [-0.25, -0.2) is 0 Å². The number of ether oxygens (including phenoxy) is 2. The van der Waals surface area contributed by atoms with Crippen molar-refractivity contribution in [1.82, 2.24) is 0 Å². The molecule has 0 amide bonds. The highest BCUT2D eigenvalue weighted by atomic mass is 16.6. The number of hydrogen-bond acceptors (Lipinski definition) is 6. The minimum absolute atomic E-state index is 0.00796. The Morgan fingerprint density at radius 2 is 1.80 bits per heavy atom.